The molecule has 0 bridgehead atoms. The summed E-state index contributed by atoms with van der Waals surface area (Å²) in [6, 6.07) is 0. The summed E-state index contributed by atoms with van der Waals surface area (Å²) < 4.78 is 0. The maximum Gasteiger partial charge on any atom is 0.0723 e. The maximum atomic E-state index is 10.5. The van der Waals surface area contributed by atoms with Crippen molar-refractivity contribution in [1.29, 1.82) is 0 Å². The van der Waals surface area contributed by atoms with Gasteiger partial charge in [-0.15, -0.1) is 0 Å². The molecule has 0 amide bonds. The molecule has 1 rings (SSSR count). The topological polar surface area (TPSA) is 23.5 Å². The lowest BCUT2D eigenvalue weighted by atomic mass is 9.81. The molecule has 1 aliphatic carbocycles. The highest BCUT2D eigenvalue weighted by Crippen LogP contribution is 2.35. The Morgan fingerprint density at radius 1 is 1.12 bits per heavy atom. The van der Waals surface area contributed by atoms with Crippen LogP contribution in [0.4, 0.5) is 0 Å². The summed E-state index contributed by atoms with van der Waals surface area (Å²) >= 11 is 0. The first kappa shape index (κ1) is 14.0. The molecule has 0 aliphatic heterocycles. The van der Waals surface area contributed by atoms with Crippen LogP contribution in [-0.4, -0.2) is 35.7 Å². The summed E-state index contributed by atoms with van der Waals surface area (Å²) in [5.41, 5.74) is 0.0612. The zero-order chi connectivity index (χ0) is 12.0. The average molecular weight is 227 g/mol. The van der Waals surface area contributed by atoms with E-state index >= 15 is 0 Å². The Labute approximate surface area is 101 Å². The highest BCUT2D eigenvalue weighted by atomic mass is 16.3. The first-order valence-electron chi connectivity index (χ1n) is 6.99. The fourth-order valence-electron chi connectivity index (χ4n) is 3.09. The van der Waals surface area contributed by atoms with E-state index < -0.39 is 0 Å². The van der Waals surface area contributed by atoms with Crippen LogP contribution in [0.5, 0.6) is 0 Å². The Hall–Kier alpha value is -0.0800. The molecule has 1 saturated carbocycles. The van der Waals surface area contributed by atoms with Crippen LogP contribution < -0.4 is 0 Å². The van der Waals surface area contributed by atoms with Gasteiger partial charge in [0, 0.05) is 5.54 Å². The van der Waals surface area contributed by atoms with Crippen LogP contribution in [0.2, 0.25) is 0 Å². The minimum absolute atomic E-state index is 0.0612. The molecule has 1 aliphatic rings. The summed E-state index contributed by atoms with van der Waals surface area (Å²) in [7, 11) is 4.28. The Morgan fingerprint density at radius 2 is 1.69 bits per heavy atom. The standard InChI is InChI=1S/C14H29NO/c1-4-5-10-13(16)14(15(2)3)11-8-6-7-9-12-14/h13,16H,4-12H2,1-3H3. The Kier molecular flexibility index (Phi) is 5.77. The number of aliphatic hydroxyl groups excluding tert-OH is 1. The van der Waals surface area contributed by atoms with Crippen molar-refractivity contribution >= 4 is 0 Å². The van der Waals surface area contributed by atoms with E-state index in [4.69, 9.17) is 0 Å². The highest BCUT2D eigenvalue weighted by molar-refractivity contribution is 4.95. The zero-order valence-electron chi connectivity index (χ0n) is 11.3. The summed E-state index contributed by atoms with van der Waals surface area (Å²) in [5, 5.41) is 10.5. The number of likely N-dealkylation sites (N-methyl/N-ethyl adjacent to an activating group) is 1. The fourth-order valence-corrected chi connectivity index (χ4v) is 3.09. The van der Waals surface area contributed by atoms with Crippen LogP contribution in [0.25, 0.3) is 0 Å². The molecule has 0 aromatic rings. The molecule has 96 valence electrons. The van der Waals surface area contributed by atoms with Crippen molar-refractivity contribution in [2.24, 2.45) is 0 Å². The normalized spacial score (nSPS) is 23.1. The molecule has 1 atom stereocenters. The first-order chi connectivity index (χ1) is 7.63. The van der Waals surface area contributed by atoms with Gasteiger partial charge in [0.2, 0.25) is 0 Å². The Bertz CT molecular complexity index is 183. The molecule has 16 heavy (non-hydrogen) atoms. The largest absolute Gasteiger partial charge is 0.391 e. The van der Waals surface area contributed by atoms with Crippen molar-refractivity contribution in [2.45, 2.75) is 76.4 Å². The number of nitrogens with zero attached hydrogens (tertiary/aromatic N) is 1. The van der Waals surface area contributed by atoms with Crippen LogP contribution in [0, 0.1) is 0 Å². The lowest BCUT2D eigenvalue weighted by Gasteiger charge is -2.43. The van der Waals surface area contributed by atoms with E-state index in [0.717, 1.165) is 12.8 Å². The van der Waals surface area contributed by atoms with E-state index in [2.05, 4.69) is 25.9 Å². The van der Waals surface area contributed by atoms with E-state index in [1.807, 2.05) is 0 Å². The number of rotatable bonds is 5. The minimum Gasteiger partial charge on any atom is -0.391 e. The van der Waals surface area contributed by atoms with Gasteiger partial charge >= 0.3 is 0 Å². The SMILES string of the molecule is CCCCC(O)C1(N(C)C)CCCCCC1. The first-order valence-corrected chi connectivity index (χ1v) is 6.99. The Balaban J connectivity index is 2.68. The van der Waals surface area contributed by atoms with E-state index in [0.29, 0.717) is 0 Å². The molecule has 0 radical (unpaired) electrons. The second-order valence-corrected chi connectivity index (χ2v) is 5.57. The van der Waals surface area contributed by atoms with Crippen LogP contribution in [0.3, 0.4) is 0 Å². The van der Waals surface area contributed by atoms with Gasteiger partial charge in [-0.05, 0) is 33.4 Å². The zero-order valence-corrected chi connectivity index (χ0v) is 11.3. The second-order valence-electron chi connectivity index (χ2n) is 5.57. The van der Waals surface area contributed by atoms with E-state index in [-0.39, 0.29) is 11.6 Å². The van der Waals surface area contributed by atoms with Gasteiger partial charge in [0.05, 0.1) is 6.10 Å². The Morgan fingerprint density at radius 3 is 2.12 bits per heavy atom. The predicted octanol–water partition coefficient (Wildman–Crippen LogP) is 3.19. The van der Waals surface area contributed by atoms with Crippen LogP contribution in [-0.2, 0) is 0 Å². The van der Waals surface area contributed by atoms with E-state index in [1.165, 1.54) is 44.9 Å². The van der Waals surface area contributed by atoms with E-state index in [1.54, 1.807) is 0 Å². The smallest absolute Gasteiger partial charge is 0.0723 e. The van der Waals surface area contributed by atoms with Crippen molar-refractivity contribution < 1.29 is 5.11 Å². The molecule has 0 aromatic heterocycles. The lowest BCUT2D eigenvalue weighted by Crippen LogP contribution is -2.53. The molecule has 0 heterocycles. The summed E-state index contributed by atoms with van der Waals surface area (Å²) in [6.45, 7) is 2.20. The number of hydrogen-bond donors (Lipinski definition) is 1. The predicted molar refractivity (Wildman–Crippen MR) is 69.7 cm³/mol. The molecule has 0 saturated heterocycles. The molecular formula is C14H29NO. The third kappa shape index (κ3) is 3.21. The molecule has 1 N–H and O–H groups in total. The van der Waals surface area contributed by atoms with Crippen LogP contribution >= 0.6 is 0 Å². The van der Waals surface area contributed by atoms with Gasteiger partial charge in [0.25, 0.3) is 0 Å². The molecule has 0 aromatic carbocycles. The average Bonchev–Trinajstić information content (AvgIpc) is 2.52. The number of hydrogen-bond acceptors (Lipinski definition) is 2. The van der Waals surface area contributed by atoms with Crippen molar-refractivity contribution in [3.8, 4) is 0 Å². The van der Waals surface area contributed by atoms with Gasteiger partial charge in [0.1, 0.15) is 0 Å². The van der Waals surface area contributed by atoms with Crippen molar-refractivity contribution in [1.82, 2.24) is 4.90 Å². The minimum atomic E-state index is -0.138. The summed E-state index contributed by atoms with van der Waals surface area (Å²) in [6.07, 6.45) is 10.7. The molecule has 0 spiro atoms. The van der Waals surface area contributed by atoms with Gasteiger partial charge in [-0.1, -0.05) is 45.4 Å². The quantitative estimate of drug-likeness (QED) is 0.729. The van der Waals surface area contributed by atoms with Gasteiger partial charge < -0.3 is 10.0 Å². The second kappa shape index (κ2) is 6.61. The van der Waals surface area contributed by atoms with Gasteiger partial charge in [-0.25, -0.2) is 0 Å². The molecule has 2 heteroatoms. The van der Waals surface area contributed by atoms with E-state index in [9.17, 15) is 5.11 Å². The highest BCUT2D eigenvalue weighted by Gasteiger charge is 2.39. The van der Waals surface area contributed by atoms with Crippen molar-refractivity contribution in [3.05, 3.63) is 0 Å². The number of aliphatic hydroxyl groups is 1. The molecule has 2 nitrogen and oxygen atoms in total. The molecule has 1 fully saturated rings. The summed E-state index contributed by atoms with van der Waals surface area (Å²) in [4.78, 5) is 2.29. The third-order valence-corrected chi connectivity index (χ3v) is 4.31. The third-order valence-electron chi connectivity index (χ3n) is 4.31. The van der Waals surface area contributed by atoms with Crippen molar-refractivity contribution in [2.75, 3.05) is 14.1 Å². The van der Waals surface area contributed by atoms with Crippen LogP contribution in [0.1, 0.15) is 64.7 Å². The van der Waals surface area contributed by atoms with Gasteiger partial charge in [-0.2, -0.15) is 0 Å². The fraction of sp³-hybridized carbons (Fsp3) is 1.00. The molecule has 1 unspecified atom stereocenters. The van der Waals surface area contributed by atoms with Gasteiger partial charge in [-0.3, -0.25) is 0 Å². The van der Waals surface area contributed by atoms with Crippen LogP contribution in [0.15, 0.2) is 0 Å². The number of unbranched alkanes of at least 4 members (excludes halogenated alkanes) is 1. The monoisotopic (exact) mass is 227 g/mol. The summed E-state index contributed by atoms with van der Waals surface area (Å²) in [5.74, 6) is 0. The lowest BCUT2D eigenvalue weighted by molar-refractivity contribution is -0.0233. The van der Waals surface area contributed by atoms with Crippen molar-refractivity contribution in [3.63, 3.8) is 0 Å². The molecular weight excluding hydrogens is 198 g/mol. The maximum absolute atomic E-state index is 10.5. The van der Waals surface area contributed by atoms with Gasteiger partial charge in [0.15, 0.2) is 0 Å².